The van der Waals surface area contributed by atoms with E-state index in [2.05, 4.69) is 42.3 Å². The summed E-state index contributed by atoms with van der Waals surface area (Å²) in [5, 5.41) is 12.2. The number of aliphatic hydroxyl groups is 1. The zero-order valence-corrected chi connectivity index (χ0v) is 16.3. The van der Waals surface area contributed by atoms with Crippen LogP contribution in [0.25, 0.3) is 10.9 Å². The normalized spacial score (nSPS) is 29.1. The van der Waals surface area contributed by atoms with Crippen LogP contribution in [0.5, 0.6) is 5.75 Å². The smallest absolute Gasteiger partial charge is 0.119 e. The fraction of sp³-hybridized carbons (Fsp3) is 0.450. The number of hydrogen-bond acceptors (Lipinski definition) is 4. The third-order valence-corrected chi connectivity index (χ3v) is 6.02. The Balaban J connectivity index is 1.66. The number of piperidine rings is 3. The Morgan fingerprint density at radius 2 is 2.28 bits per heavy atom. The largest absolute Gasteiger partial charge is 0.497 e. The predicted molar refractivity (Wildman–Crippen MR) is 107 cm³/mol. The molecule has 3 fully saturated rings. The number of ether oxygens (including phenoxy) is 1. The fourth-order valence-electron chi connectivity index (χ4n) is 4.37. The van der Waals surface area contributed by atoms with E-state index in [1.54, 1.807) is 13.3 Å². The summed E-state index contributed by atoms with van der Waals surface area (Å²) in [6.07, 6.45) is 3.46. The van der Waals surface area contributed by atoms with E-state index in [1.165, 1.54) is 6.42 Å². The molecule has 4 nitrogen and oxygen atoms in total. The molecule has 0 radical (unpaired) electrons. The lowest BCUT2D eigenvalue weighted by atomic mass is 9.74. The molecule has 130 valence electrons. The summed E-state index contributed by atoms with van der Waals surface area (Å²) >= 11 is 2.13. The van der Waals surface area contributed by atoms with Crippen molar-refractivity contribution in [2.45, 2.75) is 25.0 Å². The van der Waals surface area contributed by atoms with Gasteiger partial charge in [0.25, 0.3) is 0 Å². The lowest BCUT2D eigenvalue weighted by Gasteiger charge is -2.50. The molecule has 3 saturated heterocycles. The maximum absolute atomic E-state index is 11.2. The zero-order valence-electron chi connectivity index (χ0n) is 14.2. The highest BCUT2D eigenvalue weighted by Crippen LogP contribution is 2.41. The highest BCUT2D eigenvalue weighted by Gasteiger charge is 2.42. The van der Waals surface area contributed by atoms with Crippen molar-refractivity contribution < 1.29 is 9.84 Å². The molecule has 0 spiro atoms. The van der Waals surface area contributed by atoms with Crippen LogP contribution in [0.4, 0.5) is 0 Å². The summed E-state index contributed by atoms with van der Waals surface area (Å²) in [5.41, 5.74) is 1.83. The summed E-state index contributed by atoms with van der Waals surface area (Å²) in [6.45, 7) is 2.02. The maximum atomic E-state index is 11.2. The SMILES string of the molecule is COc1ccc2nccc([C@H](O)[C@H]3C[C@@H]4CCN3C[C@@H]4C#CI)c2c1. The van der Waals surface area contributed by atoms with Gasteiger partial charge in [0.05, 0.1) is 18.7 Å². The van der Waals surface area contributed by atoms with E-state index in [1.807, 2.05) is 24.3 Å². The molecule has 0 amide bonds. The number of benzene rings is 1. The van der Waals surface area contributed by atoms with Crippen LogP contribution in [0.1, 0.15) is 24.5 Å². The zero-order chi connectivity index (χ0) is 17.4. The van der Waals surface area contributed by atoms with E-state index < -0.39 is 6.10 Å². The Morgan fingerprint density at radius 3 is 3.00 bits per heavy atom. The molecule has 2 bridgehead atoms. The average molecular weight is 448 g/mol. The van der Waals surface area contributed by atoms with Gasteiger partial charge in [0.15, 0.2) is 0 Å². The van der Waals surface area contributed by atoms with Crippen molar-refractivity contribution in [2.75, 3.05) is 20.2 Å². The van der Waals surface area contributed by atoms with Crippen molar-refractivity contribution in [3.63, 3.8) is 0 Å². The van der Waals surface area contributed by atoms with E-state index in [4.69, 9.17) is 4.74 Å². The first-order chi connectivity index (χ1) is 12.2. The van der Waals surface area contributed by atoms with Gasteiger partial charge in [0.2, 0.25) is 0 Å². The Kier molecular flexibility index (Phi) is 4.85. The van der Waals surface area contributed by atoms with Crippen molar-refractivity contribution in [3.05, 3.63) is 36.0 Å². The monoisotopic (exact) mass is 448 g/mol. The van der Waals surface area contributed by atoms with E-state index in [0.29, 0.717) is 11.8 Å². The van der Waals surface area contributed by atoms with Crippen LogP contribution in [-0.4, -0.2) is 41.2 Å². The second kappa shape index (κ2) is 7.10. The number of nitrogens with zero attached hydrogens (tertiary/aromatic N) is 2. The molecular formula is C20H21IN2O2. The fourth-order valence-corrected chi connectivity index (χ4v) is 4.77. The number of rotatable bonds is 3. The summed E-state index contributed by atoms with van der Waals surface area (Å²) in [5.74, 6) is 5.18. The molecule has 2 aromatic rings. The Bertz CT molecular complexity index is 844. The second-order valence-electron chi connectivity index (χ2n) is 6.92. The molecule has 3 aliphatic rings. The van der Waals surface area contributed by atoms with Crippen LogP contribution in [0.3, 0.4) is 0 Å². The van der Waals surface area contributed by atoms with Crippen LogP contribution in [0.2, 0.25) is 0 Å². The van der Waals surface area contributed by atoms with Crippen LogP contribution < -0.4 is 4.74 Å². The third-order valence-electron chi connectivity index (χ3n) is 5.71. The van der Waals surface area contributed by atoms with E-state index in [9.17, 15) is 5.11 Å². The quantitative estimate of drug-likeness (QED) is 0.578. The number of aromatic nitrogens is 1. The van der Waals surface area contributed by atoms with Crippen molar-refractivity contribution in [2.24, 2.45) is 11.8 Å². The molecule has 1 N–H and O–H groups in total. The topological polar surface area (TPSA) is 45.6 Å². The van der Waals surface area contributed by atoms with Gasteiger partial charge < -0.3 is 9.84 Å². The van der Waals surface area contributed by atoms with Gasteiger partial charge in [-0.25, -0.2) is 0 Å². The van der Waals surface area contributed by atoms with Gasteiger partial charge in [-0.1, -0.05) is 5.92 Å². The molecular weight excluding hydrogens is 427 g/mol. The molecule has 3 aliphatic heterocycles. The summed E-state index contributed by atoms with van der Waals surface area (Å²) in [4.78, 5) is 6.85. The molecule has 1 unspecified atom stereocenters. The first kappa shape index (κ1) is 17.1. The van der Waals surface area contributed by atoms with Crippen LogP contribution in [-0.2, 0) is 0 Å². The van der Waals surface area contributed by atoms with Gasteiger partial charge >= 0.3 is 0 Å². The van der Waals surface area contributed by atoms with Crippen molar-refractivity contribution >= 4 is 33.5 Å². The Morgan fingerprint density at radius 1 is 1.40 bits per heavy atom. The molecule has 5 atom stereocenters. The summed E-state index contributed by atoms with van der Waals surface area (Å²) in [6, 6.07) is 7.93. The van der Waals surface area contributed by atoms with E-state index in [0.717, 1.165) is 41.7 Å². The average Bonchev–Trinajstić information content (AvgIpc) is 2.67. The maximum Gasteiger partial charge on any atom is 0.119 e. The minimum absolute atomic E-state index is 0.155. The number of halogens is 1. The number of pyridine rings is 1. The third kappa shape index (κ3) is 3.12. The lowest BCUT2D eigenvalue weighted by molar-refractivity contribution is -0.0425. The highest BCUT2D eigenvalue weighted by molar-refractivity contribution is 14.1. The molecule has 25 heavy (non-hydrogen) atoms. The molecule has 1 aromatic carbocycles. The van der Waals surface area contributed by atoms with Gasteiger partial charge in [-0.05, 0) is 59.1 Å². The number of hydrogen-bond donors (Lipinski definition) is 1. The Hall–Kier alpha value is -1.36. The molecule has 5 heteroatoms. The first-order valence-electron chi connectivity index (χ1n) is 8.67. The number of methoxy groups -OCH3 is 1. The van der Waals surface area contributed by atoms with Crippen LogP contribution >= 0.6 is 22.6 Å². The van der Waals surface area contributed by atoms with Crippen LogP contribution in [0, 0.1) is 21.7 Å². The van der Waals surface area contributed by atoms with Crippen molar-refractivity contribution in [1.82, 2.24) is 9.88 Å². The van der Waals surface area contributed by atoms with Crippen LogP contribution in [0.15, 0.2) is 30.5 Å². The number of aliphatic hydroxyl groups excluding tert-OH is 1. The van der Waals surface area contributed by atoms with Gasteiger partial charge in [-0.3, -0.25) is 9.88 Å². The van der Waals surface area contributed by atoms with Gasteiger partial charge in [-0.2, -0.15) is 0 Å². The number of fused-ring (bicyclic) bond motifs is 4. The second-order valence-corrected chi connectivity index (χ2v) is 7.46. The standard InChI is InChI=1S/C20H21IN2O2/c1-25-15-2-3-18-17(11-15)16(5-8-22-18)20(24)19-10-13-6-9-23(19)12-14(13)4-7-21/h2-3,5,8,11,13-14,19-20,24H,6,9-10,12H2,1H3/t13-,14-,19+,20-/m0/s1. The minimum Gasteiger partial charge on any atom is -0.497 e. The summed E-state index contributed by atoms with van der Waals surface area (Å²) < 4.78 is 8.40. The van der Waals surface area contributed by atoms with Crippen molar-refractivity contribution in [3.8, 4) is 15.6 Å². The molecule has 5 rings (SSSR count). The van der Waals surface area contributed by atoms with E-state index in [-0.39, 0.29) is 6.04 Å². The Labute approximate surface area is 161 Å². The molecule has 0 saturated carbocycles. The van der Waals surface area contributed by atoms with Gasteiger partial charge in [0.1, 0.15) is 5.75 Å². The lowest BCUT2D eigenvalue weighted by Crippen LogP contribution is -2.55. The van der Waals surface area contributed by atoms with Gasteiger partial charge in [-0.15, -0.1) is 0 Å². The first-order valence-corrected chi connectivity index (χ1v) is 9.75. The van der Waals surface area contributed by atoms with Gasteiger partial charge in [0, 0.05) is 52.7 Å². The minimum atomic E-state index is -0.520. The molecule has 1 aromatic heterocycles. The van der Waals surface area contributed by atoms with Crippen molar-refractivity contribution in [1.29, 1.82) is 0 Å². The molecule has 0 aliphatic carbocycles. The predicted octanol–water partition coefficient (Wildman–Crippen LogP) is 3.38. The highest BCUT2D eigenvalue weighted by atomic mass is 127. The van der Waals surface area contributed by atoms with E-state index >= 15 is 0 Å². The summed E-state index contributed by atoms with van der Waals surface area (Å²) in [7, 11) is 1.66. The molecule has 4 heterocycles.